The Kier molecular flexibility index (Phi) is 3.04. The second-order valence-corrected chi connectivity index (χ2v) is 4.02. The topological polar surface area (TPSA) is 112 Å². The van der Waals surface area contributed by atoms with Gasteiger partial charge in [-0.3, -0.25) is 0 Å². The number of hydrogen-bond acceptors (Lipinski definition) is 5. The van der Waals surface area contributed by atoms with Crippen LogP contribution in [0.5, 0.6) is 0 Å². The highest BCUT2D eigenvalue weighted by atomic mass is 16.4. The molecule has 19 heavy (non-hydrogen) atoms. The molecule has 7 nitrogen and oxygen atoms in total. The summed E-state index contributed by atoms with van der Waals surface area (Å²) in [4.78, 5) is 14.9. The molecule has 0 aliphatic carbocycles. The first-order valence-corrected chi connectivity index (χ1v) is 5.45. The first-order chi connectivity index (χ1) is 8.91. The Morgan fingerprint density at radius 2 is 2.00 bits per heavy atom. The van der Waals surface area contributed by atoms with Crippen LogP contribution in [0.25, 0.3) is 11.2 Å². The summed E-state index contributed by atoms with van der Waals surface area (Å²) in [5, 5.41) is 30.4. The number of hydrogen-bond donors (Lipinski definition) is 3. The van der Waals surface area contributed by atoms with Crippen LogP contribution in [-0.4, -0.2) is 36.5 Å². The third-order valence-corrected chi connectivity index (χ3v) is 2.57. The van der Waals surface area contributed by atoms with Gasteiger partial charge in [-0.2, -0.15) is 5.10 Å². The number of allylic oxidation sites excluding steroid dienone is 2. The van der Waals surface area contributed by atoms with E-state index in [1.807, 2.05) is 0 Å². The van der Waals surface area contributed by atoms with Crippen LogP contribution in [0.2, 0.25) is 0 Å². The number of nitrogens with one attached hydrogen (secondary N) is 1. The smallest absolute Gasteiger partial charge is 0.356 e. The Balaban J connectivity index is 2.70. The average molecular weight is 260 g/mol. The summed E-state index contributed by atoms with van der Waals surface area (Å²) in [6, 6.07) is 3.17. The highest BCUT2D eigenvalue weighted by Gasteiger charge is 2.15. The minimum atomic E-state index is -1.14. The highest BCUT2D eigenvalue weighted by molar-refractivity contribution is 6.21. The fourth-order valence-electron chi connectivity index (χ4n) is 1.80. The van der Waals surface area contributed by atoms with E-state index in [1.165, 1.54) is 24.6 Å². The zero-order valence-electron chi connectivity index (χ0n) is 10.4. The molecule has 0 fully saturated rings. The van der Waals surface area contributed by atoms with Crippen molar-refractivity contribution in [2.75, 3.05) is 0 Å². The molecule has 2 rings (SSSR count). The predicted octanol–water partition coefficient (Wildman–Crippen LogP) is 1.76. The van der Waals surface area contributed by atoms with Crippen molar-refractivity contribution in [1.82, 2.24) is 14.6 Å². The van der Waals surface area contributed by atoms with Gasteiger partial charge in [0.1, 0.15) is 5.76 Å². The maximum absolute atomic E-state index is 11.0. The Bertz CT molecular complexity index is 711. The van der Waals surface area contributed by atoms with Gasteiger partial charge in [0.15, 0.2) is 11.3 Å². The minimum absolute atomic E-state index is 0.0451. The molecule has 0 bridgehead atoms. The van der Waals surface area contributed by atoms with Crippen molar-refractivity contribution in [3.8, 4) is 0 Å². The zero-order valence-corrected chi connectivity index (χ0v) is 10.4. The van der Waals surface area contributed by atoms with Crippen LogP contribution in [0.3, 0.4) is 0 Å². The van der Waals surface area contributed by atoms with Gasteiger partial charge in [-0.25, -0.2) is 14.3 Å². The molecule has 0 atom stereocenters. The van der Waals surface area contributed by atoms with Crippen LogP contribution in [0.1, 0.15) is 30.0 Å². The number of fused-ring (bicyclic) bond motifs is 1. The molecule has 0 amide bonds. The third kappa shape index (κ3) is 2.17. The van der Waals surface area contributed by atoms with Crippen molar-refractivity contribution < 1.29 is 15.0 Å². The van der Waals surface area contributed by atoms with E-state index in [9.17, 15) is 9.90 Å². The quantitative estimate of drug-likeness (QED) is 0.575. The van der Waals surface area contributed by atoms with Crippen LogP contribution < -0.4 is 0 Å². The largest absolute Gasteiger partial charge is 0.512 e. The maximum atomic E-state index is 11.0. The van der Waals surface area contributed by atoms with Crippen LogP contribution >= 0.6 is 0 Å². The van der Waals surface area contributed by atoms with Gasteiger partial charge in [0, 0.05) is 5.71 Å². The molecule has 0 aliphatic rings. The first kappa shape index (κ1) is 12.7. The molecule has 7 heteroatoms. The number of aliphatic hydroxyl groups excluding tert-OH is 1. The van der Waals surface area contributed by atoms with E-state index in [0.29, 0.717) is 11.3 Å². The Labute approximate surface area is 108 Å². The molecule has 0 aromatic carbocycles. The Morgan fingerprint density at radius 3 is 2.53 bits per heavy atom. The molecule has 2 aromatic rings. The maximum Gasteiger partial charge on any atom is 0.356 e. The van der Waals surface area contributed by atoms with Crippen LogP contribution in [0.4, 0.5) is 0 Å². The van der Waals surface area contributed by atoms with E-state index in [4.69, 9.17) is 10.5 Å². The molecule has 2 aromatic heterocycles. The second-order valence-electron chi connectivity index (χ2n) is 4.02. The predicted molar refractivity (Wildman–Crippen MR) is 68.6 cm³/mol. The van der Waals surface area contributed by atoms with E-state index in [0.717, 1.165) is 0 Å². The van der Waals surface area contributed by atoms with Gasteiger partial charge in [-0.05, 0) is 26.0 Å². The second kappa shape index (κ2) is 4.52. The SMILES string of the molecule is CC(=N)/C(=C(/C)O)c1ccc2ncc(C(=O)O)n2n1. The first-order valence-electron chi connectivity index (χ1n) is 5.45. The number of imidazole rings is 1. The van der Waals surface area contributed by atoms with Crippen LogP contribution in [0.15, 0.2) is 24.1 Å². The van der Waals surface area contributed by atoms with Crippen LogP contribution in [-0.2, 0) is 0 Å². The fourth-order valence-corrected chi connectivity index (χ4v) is 1.80. The van der Waals surface area contributed by atoms with E-state index in [1.54, 1.807) is 12.1 Å². The molecule has 0 radical (unpaired) electrons. The van der Waals surface area contributed by atoms with Crippen molar-refractivity contribution in [3.05, 3.63) is 35.5 Å². The molecular weight excluding hydrogens is 248 g/mol. The number of carboxylic acid groups (broad SMARTS) is 1. The van der Waals surface area contributed by atoms with Gasteiger partial charge in [0.25, 0.3) is 0 Å². The average Bonchev–Trinajstić information content (AvgIpc) is 2.70. The molecule has 0 aliphatic heterocycles. The molecular formula is C12H12N4O3. The lowest BCUT2D eigenvalue weighted by Crippen LogP contribution is -2.08. The molecule has 3 N–H and O–H groups in total. The third-order valence-electron chi connectivity index (χ3n) is 2.57. The van der Waals surface area contributed by atoms with E-state index >= 15 is 0 Å². The number of aliphatic hydroxyl groups is 1. The van der Waals surface area contributed by atoms with Crippen molar-refractivity contribution in [3.63, 3.8) is 0 Å². The lowest BCUT2D eigenvalue weighted by Gasteiger charge is -2.07. The summed E-state index contributed by atoms with van der Waals surface area (Å²) in [6.07, 6.45) is 1.21. The molecule has 0 unspecified atom stereocenters. The molecule has 2 heterocycles. The fraction of sp³-hybridized carbons (Fsp3) is 0.167. The van der Waals surface area contributed by atoms with Crippen molar-refractivity contribution in [2.24, 2.45) is 0 Å². The number of carbonyl (C=O) groups is 1. The van der Waals surface area contributed by atoms with Gasteiger partial charge < -0.3 is 15.6 Å². The normalized spacial score (nSPS) is 12.3. The van der Waals surface area contributed by atoms with E-state index in [-0.39, 0.29) is 22.7 Å². The summed E-state index contributed by atoms with van der Waals surface area (Å²) < 4.78 is 1.17. The lowest BCUT2D eigenvalue weighted by atomic mass is 10.1. The minimum Gasteiger partial charge on any atom is -0.512 e. The van der Waals surface area contributed by atoms with E-state index < -0.39 is 5.97 Å². The molecule has 0 spiro atoms. The lowest BCUT2D eigenvalue weighted by molar-refractivity contribution is 0.0688. The van der Waals surface area contributed by atoms with E-state index in [2.05, 4.69) is 10.1 Å². The number of aromatic carboxylic acids is 1. The van der Waals surface area contributed by atoms with Gasteiger partial charge in [0.2, 0.25) is 0 Å². The van der Waals surface area contributed by atoms with Gasteiger partial charge >= 0.3 is 5.97 Å². The number of rotatable bonds is 3. The summed E-state index contributed by atoms with van der Waals surface area (Å²) in [5.74, 6) is -1.19. The molecule has 98 valence electrons. The highest BCUT2D eigenvalue weighted by Crippen LogP contribution is 2.17. The van der Waals surface area contributed by atoms with Gasteiger partial charge in [-0.15, -0.1) is 0 Å². The number of aromatic nitrogens is 3. The van der Waals surface area contributed by atoms with Crippen LogP contribution in [0, 0.1) is 5.41 Å². The van der Waals surface area contributed by atoms with Crippen molar-refractivity contribution >= 4 is 22.9 Å². The van der Waals surface area contributed by atoms with Gasteiger partial charge in [0.05, 0.1) is 17.5 Å². The summed E-state index contributed by atoms with van der Waals surface area (Å²) >= 11 is 0. The standard InChI is InChI=1S/C12H12N4O3/c1-6(13)11(7(2)17)8-3-4-10-14-5-9(12(18)19)16(10)15-8/h3-5,13,17H,1-2H3,(H,18,19)/b11-7+,13-6?. The summed E-state index contributed by atoms with van der Waals surface area (Å²) in [5.41, 5.74) is 1.05. The van der Waals surface area contributed by atoms with Crippen molar-refractivity contribution in [2.45, 2.75) is 13.8 Å². The Hall–Kier alpha value is -2.70. The summed E-state index contributed by atoms with van der Waals surface area (Å²) in [6.45, 7) is 2.97. The summed E-state index contributed by atoms with van der Waals surface area (Å²) in [7, 11) is 0. The van der Waals surface area contributed by atoms with Crippen molar-refractivity contribution in [1.29, 1.82) is 5.41 Å². The zero-order chi connectivity index (χ0) is 14.2. The molecule has 0 saturated heterocycles. The Morgan fingerprint density at radius 1 is 1.32 bits per heavy atom. The van der Waals surface area contributed by atoms with Gasteiger partial charge in [-0.1, -0.05) is 0 Å². The monoisotopic (exact) mass is 260 g/mol. The molecule has 0 saturated carbocycles. The number of carboxylic acids is 1. The number of nitrogens with zero attached hydrogens (tertiary/aromatic N) is 3.